The van der Waals surface area contributed by atoms with E-state index in [9.17, 15) is 9.59 Å². The molecule has 1 aliphatic carbocycles. The molecule has 14 heavy (non-hydrogen) atoms. The highest BCUT2D eigenvalue weighted by Gasteiger charge is 2.59. The van der Waals surface area contributed by atoms with Gasteiger partial charge in [-0.05, 0) is 19.8 Å². The van der Waals surface area contributed by atoms with E-state index in [1.165, 1.54) is 0 Å². The first kappa shape index (κ1) is 9.49. The van der Waals surface area contributed by atoms with Gasteiger partial charge in [0.2, 0.25) is 0 Å². The summed E-state index contributed by atoms with van der Waals surface area (Å²) in [6.45, 7) is 3.49. The van der Waals surface area contributed by atoms with Crippen molar-refractivity contribution in [3.8, 4) is 0 Å². The van der Waals surface area contributed by atoms with Crippen molar-refractivity contribution in [1.82, 2.24) is 0 Å². The summed E-state index contributed by atoms with van der Waals surface area (Å²) >= 11 is 0. The number of carboxylic acids is 1. The second-order valence-electron chi connectivity index (χ2n) is 4.57. The summed E-state index contributed by atoms with van der Waals surface area (Å²) in [5.74, 6) is -1.14. The molecule has 0 radical (unpaired) electrons. The van der Waals surface area contributed by atoms with Crippen LogP contribution in [0.1, 0.15) is 26.7 Å². The van der Waals surface area contributed by atoms with Crippen molar-refractivity contribution in [2.24, 2.45) is 17.3 Å². The van der Waals surface area contributed by atoms with Crippen molar-refractivity contribution in [3.63, 3.8) is 0 Å². The van der Waals surface area contributed by atoms with Crippen molar-refractivity contribution in [3.05, 3.63) is 0 Å². The maximum absolute atomic E-state index is 11.3. The average Bonchev–Trinajstić information content (AvgIpc) is 2.57. The van der Waals surface area contributed by atoms with Gasteiger partial charge in [-0.25, -0.2) is 0 Å². The highest BCUT2D eigenvalue weighted by atomic mass is 16.6. The van der Waals surface area contributed by atoms with Crippen molar-refractivity contribution in [2.75, 3.05) is 0 Å². The molecule has 4 heteroatoms. The third kappa shape index (κ3) is 0.996. The number of carboxylic acid groups (broad SMARTS) is 1. The maximum Gasteiger partial charge on any atom is 0.313 e. The molecule has 0 aromatic heterocycles. The van der Waals surface area contributed by atoms with Crippen LogP contribution in [0.4, 0.5) is 0 Å². The lowest BCUT2D eigenvalue weighted by molar-refractivity contribution is -0.160. The Morgan fingerprint density at radius 2 is 2.29 bits per heavy atom. The van der Waals surface area contributed by atoms with E-state index < -0.39 is 17.5 Å². The third-order valence-electron chi connectivity index (χ3n) is 3.76. The molecule has 1 saturated heterocycles. The van der Waals surface area contributed by atoms with Gasteiger partial charge >= 0.3 is 11.9 Å². The Morgan fingerprint density at radius 3 is 2.86 bits per heavy atom. The molecule has 1 N–H and O–H groups in total. The molecular weight excluding hydrogens is 184 g/mol. The number of esters is 1. The molecule has 1 heterocycles. The summed E-state index contributed by atoms with van der Waals surface area (Å²) in [4.78, 5) is 22.4. The number of hydrogen-bond acceptors (Lipinski definition) is 3. The Balaban J connectivity index is 2.29. The summed E-state index contributed by atoms with van der Waals surface area (Å²) in [5.41, 5.74) is -0.870. The van der Waals surface area contributed by atoms with Gasteiger partial charge in [0, 0.05) is 5.92 Å². The Bertz CT molecular complexity index is 298. The van der Waals surface area contributed by atoms with Gasteiger partial charge in [-0.2, -0.15) is 0 Å². The highest BCUT2D eigenvalue weighted by Crippen LogP contribution is 2.50. The van der Waals surface area contributed by atoms with Crippen molar-refractivity contribution < 1.29 is 19.4 Å². The minimum absolute atomic E-state index is 0.101. The van der Waals surface area contributed by atoms with Gasteiger partial charge in [-0.15, -0.1) is 0 Å². The normalized spacial score (nSPS) is 46.1. The van der Waals surface area contributed by atoms with Crippen LogP contribution in [0.5, 0.6) is 0 Å². The summed E-state index contributed by atoms with van der Waals surface area (Å²) in [7, 11) is 0. The van der Waals surface area contributed by atoms with E-state index in [1.807, 2.05) is 6.92 Å². The molecule has 78 valence electrons. The lowest BCUT2D eigenvalue weighted by Gasteiger charge is -2.24. The van der Waals surface area contributed by atoms with Crippen LogP contribution in [0.25, 0.3) is 0 Å². The molecule has 0 unspecified atom stereocenters. The third-order valence-corrected chi connectivity index (χ3v) is 3.76. The second-order valence-corrected chi connectivity index (χ2v) is 4.57. The van der Waals surface area contributed by atoms with E-state index in [0.29, 0.717) is 6.42 Å². The lowest BCUT2D eigenvalue weighted by Crippen LogP contribution is -2.37. The van der Waals surface area contributed by atoms with Crippen LogP contribution in [0.15, 0.2) is 0 Å². The molecule has 0 bridgehead atoms. The number of rotatable bonds is 1. The van der Waals surface area contributed by atoms with Crippen molar-refractivity contribution >= 4 is 11.9 Å². The molecule has 0 amide bonds. The zero-order chi connectivity index (χ0) is 10.5. The highest BCUT2D eigenvalue weighted by molar-refractivity contribution is 5.80. The Labute approximate surface area is 82.2 Å². The monoisotopic (exact) mass is 198 g/mol. The summed E-state index contributed by atoms with van der Waals surface area (Å²) in [6.07, 6.45) is 0.970. The summed E-state index contributed by atoms with van der Waals surface area (Å²) in [6, 6.07) is 0. The average molecular weight is 198 g/mol. The fourth-order valence-corrected chi connectivity index (χ4v) is 2.60. The van der Waals surface area contributed by atoms with Crippen molar-refractivity contribution in [1.29, 1.82) is 0 Å². The lowest BCUT2D eigenvalue weighted by atomic mass is 9.83. The molecule has 0 aromatic rings. The Hall–Kier alpha value is -1.06. The van der Waals surface area contributed by atoms with Crippen LogP contribution >= 0.6 is 0 Å². The molecule has 2 fully saturated rings. The minimum Gasteiger partial charge on any atom is -0.481 e. The van der Waals surface area contributed by atoms with Gasteiger partial charge in [0.1, 0.15) is 11.5 Å². The van der Waals surface area contributed by atoms with Gasteiger partial charge in [0.05, 0.1) is 5.92 Å². The molecule has 4 atom stereocenters. The Kier molecular flexibility index (Phi) is 1.84. The molecule has 0 aromatic carbocycles. The van der Waals surface area contributed by atoms with Gasteiger partial charge in [0.25, 0.3) is 0 Å². The van der Waals surface area contributed by atoms with Crippen LogP contribution < -0.4 is 0 Å². The number of aliphatic carboxylic acids is 1. The standard InChI is InChI=1S/C10H14O4/c1-5-6-3-4-10(2,9(12)13)7(6)14-8(5)11/h5-7H,3-4H2,1-2H3,(H,12,13)/t5-,6+,7+,10-/m1/s1. The second kappa shape index (κ2) is 2.72. The molecule has 1 aliphatic heterocycles. The Morgan fingerprint density at radius 1 is 1.64 bits per heavy atom. The minimum atomic E-state index is -0.870. The molecule has 2 rings (SSSR count). The van der Waals surface area contributed by atoms with E-state index in [1.54, 1.807) is 6.92 Å². The van der Waals surface area contributed by atoms with E-state index >= 15 is 0 Å². The predicted molar refractivity (Wildman–Crippen MR) is 47.5 cm³/mol. The SMILES string of the molecule is C[C@H]1C(=O)O[C@H]2[C@H]1CC[C@@]2(C)C(=O)O. The fraction of sp³-hybridized carbons (Fsp3) is 0.800. The van der Waals surface area contributed by atoms with E-state index in [0.717, 1.165) is 6.42 Å². The number of carbonyl (C=O) groups is 2. The molecule has 2 aliphatic rings. The molecule has 0 spiro atoms. The van der Waals surface area contributed by atoms with Gasteiger partial charge in [-0.3, -0.25) is 9.59 Å². The number of ether oxygens (including phenoxy) is 1. The van der Waals surface area contributed by atoms with Crippen LogP contribution in [0, 0.1) is 17.3 Å². The smallest absolute Gasteiger partial charge is 0.313 e. The van der Waals surface area contributed by atoms with E-state index in [-0.39, 0.29) is 17.8 Å². The van der Waals surface area contributed by atoms with Gasteiger partial charge in [-0.1, -0.05) is 6.92 Å². The van der Waals surface area contributed by atoms with Gasteiger partial charge in [0.15, 0.2) is 0 Å². The number of fused-ring (bicyclic) bond motifs is 1. The van der Waals surface area contributed by atoms with E-state index in [4.69, 9.17) is 9.84 Å². The van der Waals surface area contributed by atoms with Crippen LogP contribution in [0.2, 0.25) is 0 Å². The van der Waals surface area contributed by atoms with Crippen LogP contribution in [-0.2, 0) is 14.3 Å². The quantitative estimate of drug-likeness (QED) is 0.639. The zero-order valence-electron chi connectivity index (χ0n) is 8.32. The topological polar surface area (TPSA) is 63.6 Å². The first-order valence-electron chi connectivity index (χ1n) is 4.90. The first-order valence-corrected chi connectivity index (χ1v) is 4.90. The largest absolute Gasteiger partial charge is 0.481 e. The molecular formula is C10H14O4. The number of hydrogen-bond donors (Lipinski definition) is 1. The van der Waals surface area contributed by atoms with Gasteiger partial charge < -0.3 is 9.84 Å². The van der Waals surface area contributed by atoms with Crippen LogP contribution in [0.3, 0.4) is 0 Å². The summed E-state index contributed by atoms with van der Waals surface area (Å²) < 4.78 is 5.15. The predicted octanol–water partition coefficient (Wildman–Crippen LogP) is 1.05. The maximum atomic E-state index is 11.3. The van der Waals surface area contributed by atoms with Crippen molar-refractivity contribution in [2.45, 2.75) is 32.8 Å². The fourth-order valence-electron chi connectivity index (χ4n) is 2.60. The summed E-state index contributed by atoms with van der Waals surface area (Å²) in [5, 5.41) is 9.10. The van der Waals surface area contributed by atoms with Crippen LogP contribution in [-0.4, -0.2) is 23.1 Å². The zero-order valence-corrected chi connectivity index (χ0v) is 8.32. The molecule has 1 saturated carbocycles. The first-order chi connectivity index (χ1) is 6.47. The number of carbonyl (C=O) groups excluding carboxylic acids is 1. The van der Waals surface area contributed by atoms with E-state index in [2.05, 4.69) is 0 Å². The molecule has 4 nitrogen and oxygen atoms in total.